The minimum Gasteiger partial charge on any atom is -0.483 e. The van der Waals surface area contributed by atoms with Crippen molar-refractivity contribution in [1.29, 1.82) is 0 Å². The first-order chi connectivity index (χ1) is 14.2. The number of amides is 1. The second kappa shape index (κ2) is 8.34. The average molecular weight is 394 g/mol. The summed E-state index contributed by atoms with van der Waals surface area (Å²) in [5, 5.41) is 0. The number of rotatable bonds is 5. The van der Waals surface area contributed by atoms with E-state index in [4.69, 9.17) is 13.9 Å². The van der Waals surface area contributed by atoms with Crippen molar-refractivity contribution in [2.24, 2.45) is 0 Å². The van der Waals surface area contributed by atoms with Gasteiger partial charge >= 0.3 is 5.97 Å². The largest absolute Gasteiger partial charge is 0.483 e. The van der Waals surface area contributed by atoms with Crippen LogP contribution in [0.3, 0.4) is 0 Å². The molecule has 0 spiro atoms. The van der Waals surface area contributed by atoms with Crippen LogP contribution in [0.1, 0.15) is 35.0 Å². The number of carbonyl (C=O) groups is 2. The maximum Gasteiger partial charge on any atom is 0.341 e. The number of carbonyl (C=O) groups excluding carboxylic acids is 2. The molecule has 0 unspecified atom stereocenters. The van der Waals surface area contributed by atoms with E-state index < -0.39 is 5.97 Å². The molecule has 1 fully saturated rings. The first-order valence-electron chi connectivity index (χ1n) is 9.59. The number of likely N-dealkylation sites (tertiary alicyclic amines) is 1. The van der Waals surface area contributed by atoms with E-state index >= 15 is 0 Å². The third-order valence-electron chi connectivity index (χ3n) is 5.15. The SMILES string of the molecule is COC(=O)c1ccccc1OCC(=O)N1CCC(c2nc3ccccc3o2)CC1. The lowest BCUT2D eigenvalue weighted by atomic mass is 9.97. The van der Waals surface area contributed by atoms with Gasteiger partial charge in [-0.2, -0.15) is 0 Å². The first-order valence-corrected chi connectivity index (χ1v) is 9.59. The minimum atomic E-state index is -0.493. The molecule has 3 aromatic rings. The topological polar surface area (TPSA) is 81.9 Å². The number of hydrogen-bond donors (Lipinski definition) is 0. The fourth-order valence-electron chi connectivity index (χ4n) is 3.54. The van der Waals surface area contributed by atoms with E-state index in [-0.39, 0.29) is 18.4 Å². The highest BCUT2D eigenvalue weighted by molar-refractivity contribution is 5.92. The monoisotopic (exact) mass is 394 g/mol. The second-order valence-electron chi connectivity index (χ2n) is 6.95. The smallest absolute Gasteiger partial charge is 0.341 e. The van der Waals surface area contributed by atoms with Gasteiger partial charge < -0.3 is 18.8 Å². The number of methoxy groups -OCH3 is 1. The van der Waals surface area contributed by atoms with E-state index in [9.17, 15) is 9.59 Å². The van der Waals surface area contributed by atoms with Crippen molar-refractivity contribution in [3.8, 4) is 5.75 Å². The van der Waals surface area contributed by atoms with E-state index in [1.807, 2.05) is 24.3 Å². The molecule has 1 aliphatic heterocycles. The van der Waals surface area contributed by atoms with Crippen LogP contribution in [0.2, 0.25) is 0 Å². The molecule has 1 amide bonds. The lowest BCUT2D eigenvalue weighted by Gasteiger charge is -2.30. The van der Waals surface area contributed by atoms with Crippen LogP contribution in [0.4, 0.5) is 0 Å². The van der Waals surface area contributed by atoms with Crippen LogP contribution in [0.5, 0.6) is 5.75 Å². The van der Waals surface area contributed by atoms with Crippen molar-refractivity contribution < 1.29 is 23.5 Å². The van der Waals surface area contributed by atoms with Crippen molar-refractivity contribution in [3.63, 3.8) is 0 Å². The van der Waals surface area contributed by atoms with Gasteiger partial charge in [0, 0.05) is 19.0 Å². The molecule has 150 valence electrons. The minimum absolute atomic E-state index is 0.110. The lowest BCUT2D eigenvalue weighted by molar-refractivity contribution is -0.134. The van der Waals surface area contributed by atoms with E-state index in [1.165, 1.54) is 7.11 Å². The Balaban J connectivity index is 1.33. The number of nitrogens with zero attached hydrogens (tertiary/aromatic N) is 2. The fourth-order valence-corrected chi connectivity index (χ4v) is 3.54. The molecule has 29 heavy (non-hydrogen) atoms. The van der Waals surface area contributed by atoms with Crippen LogP contribution in [-0.4, -0.2) is 48.6 Å². The maximum absolute atomic E-state index is 12.6. The summed E-state index contributed by atoms with van der Waals surface area (Å²) in [5.41, 5.74) is 1.95. The first kappa shape index (κ1) is 19.0. The van der Waals surface area contributed by atoms with Gasteiger partial charge in [0.2, 0.25) is 0 Å². The lowest BCUT2D eigenvalue weighted by Crippen LogP contribution is -2.40. The highest BCUT2D eigenvalue weighted by Crippen LogP contribution is 2.30. The highest BCUT2D eigenvalue weighted by Gasteiger charge is 2.27. The number of piperidine rings is 1. The van der Waals surface area contributed by atoms with Gasteiger partial charge in [-0.3, -0.25) is 4.79 Å². The van der Waals surface area contributed by atoms with Gasteiger partial charge in [-0.1, -0.05) is 24.3 Å². The number of hydrogen-bond acceptors (Lipinski definition) is 6. The van der Waals surface area contributed by atoms with Gasteiger partial charge in [-0.25, -0.2) is 9.78 Å². The van der Waals surface area contributed by atoms with E-state index in [0.717, 1.165) is 29.8 Å². The Morgan fingerprint density at radius 3 is 2.59 bits per heavy atom. The van der Waals surface area contributed by atoms with Crippen molar-refractivity contribution in [2.75, 3.05) is 26.8 Å². The Hall–Kier alpha value is -3.35. The molecule has 0 radical (unpaired) electrons. The third-order valence-corrected chi connectivity index (χ3v) is 5.15. The predicted molar refractivity (Wildman–Crippen MR) is 106 cm³/mol. The number of ether oxygens (including phenoxy) is 2. The number of para-hydroxylation sites is 3. The fraction of sp³-hybridized carbons (Fsp3) is 0.318. The van der Waals surface area contributed by atoms with Crippen LogP contribution in [-0.2, 0) is 9.53 Å². The molecule has 7 heteroatoms. The summed E-state index contributed by atoms with van der Waals surface area (Å²) in [6, 6.07) is 14.4. The molecule has 4 rings (SSSR count). The molecule has 1 saturated heterocycles. The molecule has 1 aliphatic rings. The molecule has 7 nitrogen and oxygen atoms in total. The Labute approximate surface area is 168 Å². The van der Waals surface area contributed by atoms with E-state index in [0.29, 0.717) is 24.4 Å². The van der Waals surface area contributed by atoms with Gasteiger partial charge in [-0.15, -0.1) is 0 Å². The van der Waals surface area contributed by atoms with Crippen LogP contribution < -0.4 is 4.74 Å². The zero-order valence-electron chi connectivity index (χ0n) is 16.2. The van der Waals surface area contributed by atoms with Gasteiger partial charge in [0.05, 0.1) is 7.11 Å². The number of esters is 1. The van der Waals surface area contributed by atoms with E-state index in [2.05, 4.69) is 4.98 Å². The van der Waals surface area contributed by atoms with Crippen LogP contribution >= 0.6 is 0 Å². The average Bonchev–Trinajstić information content (AvgIpc) is 3.21. The molecule has 0 saturated carbocycles. The summed E-state index contributed by atoms with van der Waals surface area (Å²) in [5.74, 6) is 0.677. The van der Waals surface area contributed by atoms with Gasteiger partial charge in [0.1, 0.15) is 16.8 Å². The normalized spacial score (nSPS) is 14.7. The highest BCUT2D eigenvalue weighted by atomic mass is 16.5. The van der Waals surface area contributed by atoms with Crippen molar-refractivity contribution in [3.05, 3.63) is 60.0 Å². The zero-order chi connectivity index (χ0) is 20.2. The Morgan fingerprint density at radius 2 is 1.83 bits per heavy atom. The maximum atomic E-state index is 12.6. The van der Waals surface area contributed by atoms with E-state index in [1.54, 1.807) is 29.2 Å². The number of fused-ring (bicyclic) bond motifs is 1. The molecule has 2 aromatic carbocycles. The molecule has 0 atom stereocenters. The molecule has 0 aliphatic carbocycles. The summed E-state index contributed by atoms with van der Waals surface area (Å²) < 4.78 is 16.2. The Kier molecular flexibility index (Phi) is 5.46. The Morgan fingerprint density at radius 1 is 1.10 bits per heavy atom. The van der Waals surface area contributed by atoms with Gasteiger partial charge in [0.15, 0.2) is 18.1 Å². The third kappa shape index (κ3) is 4.08. The molecule has 1 aromatic heterocycles. The predicted octanol–water partition coefficient (Wildman–Crippen LogP) is 3.40. The van der Waals surface area contributed by atoms with Crippen LogP contribution in [0.15, 0.2) is 52.9 Å². The zero-order valence-corrected chi connectivity index (χ0v) is 16.2. The molecule has 0 bridgehead atoms. The van der Waals surface area contributed by atoms with Crippen molar-refractivity contribution in [1.82, 2.24) is 9.88 Å². The second-order valence-corrected chi connectivity index (χ2v) is 6.95. The molecular formula is C22H22N2O5. The Bertz CT molecular complexity index is 988. The summed E-state index contributed by atoms with van der Waals surface area (Å²) in [6.45, 7) is 1.11. The quantitative estimate of drug-likeness (QED) is 0.617. The molecular weight excluding hydrogens is 372 g/mol. The van der Waals surface area contributed by atoms with Gasteiger partial charge in [-0.05, 0) is 37.1 Å². The summed E-state index contributed by atoms with van der Waals surface area (Å²) in [7, 11) is 1.31. The number of aromatic nitrogens is 1. The molecule has 2 heterocycles. The number of oxazole rings is 1. The molecule has 0 N–H and O–H groups in total. The summed E-state index contributed by atoms with van der Waals surface area (Å²) >= 11 is 0. The van der Waals surface area contributed by atoms with Crippen LogP contribution in [0.25, 0.3) is 11.1 Å². The standard InChI is InChI=1S/C22H22N2O5/c1-27-22(26)16-6-2-4-8-18(16)28-14-20(25)24-12-10-15(11-13-24)21-23-17-7-3-5-9-19(17)29-21/h2-9,15H,10-14H2,1H3. The van der Waals surface area contributed by atoms with Crippen molar-refractivity contribution >= 4 is 23.0 Å². The summed E-state index contributed by atoms with van der Waals surface area (Å²) in [6.07, 6.45) is 1.58. The summed E-state index contributed by atoms with van der Waals surface area (Å²) in [4.78, 5) is 30.7. The van der Waals surface area contributed by atoms with Gasteiger partial charge in [0.25, 0.3) is 5.91 Å². The number of benzene rings is 2. The van der Waals surface area contributed by atoms with Crippen molar-refractivity contribution in [2.45, 2.75) is 18.8 Å². The van der Waals surface area contributed by atoms with Crippen LogP contribution in [0, 0.1) is 0 Å².